The summed E-state index contributed by atoms with van der Waals surface area (Å²) in [5.74, 6) is 0. The zero-order valence-electron chi connectivity index (χ0n) is 10.2. The molecule has 17 heavy (non-hydrogen) atoms. The summed E-state index contributed by atoms with van der Waals surface area (Å²) >= 11 is 0. The molecule has 3 nitrogen and oxygen atoms in total. The zero-order valence-corrected chi connectivity index (χ0v) is 10.2. The number of nitrogens with zero attached hydrogens (tertiary/aromatic N) is 2. The van der Waals surface area contributed by atoms with Gasteiger partial charge in [-0.25, -0.2) is 0 Å². The van der Waals surface area contributed by atoms with Crippen LogP contribution >= 0.6 is 0 Å². The van der Waals surface area contributed by atoms with E-state index < -0.39 is 0 Å². The summed E-state index contributed by atoms with van der Waals surface area (Å²) in [6.45, 7) is 3.99. The quantitative estimate of drug-likeness (QED) is 0.875. The lowest BCUT2D eigenvalue weighted by Crippen LogP contribution is -2.16. The fraction of sp³-hybridized carbons (Fsp3) is 0.286. The maximum absolute atomic E-state index is 6.20. The number of hydrogen-bond acceptors (Lipinski definition) is 3. The van der Waals surface area contributed by atoms with E-state index in [4.69, 9.17) is 5.73 Å². The Labute approximate surface area is 102 Å². The molecule has 1 unspecified atom stereocenters. The molecule has 2 aromatic rings. The van der Waals surface area contributed by atoms with E-state index in [1.807, 2.05) is 38.1 Å². The highest BCUT2D eigenvalue weighted by Crippen LogP contribution is 2.17. The maximum Gasteiger partial charge on any atom is 0.0423 e. The smallest absolute Gasteiger partial charge is 0.0423 e. The van der Waals surface area contributed by atoms with Crippen LogP contribution in [-0.4, -0.2) is 9.97 Å². The van der Waals surface area contributed by atoms with Crippen molar-refractivity contribution in [1.82, 2.24) is 9.97 Å². The minimum atomic E-state index is -0.0435. The van der Waals surface area contributed by atoms with Crippen molar-refractivity contribution in [2.24, 2.45) is 5.73 Å². The Hall–Kier alpha value is -1.74. The van der Waals surface area contributed by atoms with Gasteiger partial charge in [0, 0.05) is 35.7 Å². The molecular weight excluding hydrogens is 210 g/mol. The van der Waals surface area contributed by atoms with Crippen LogP contribution in [0.5, 0.6) is 0 Å². The van der Waals surface area contributed by atoms with Gasteiger partial charge in [-0.1, -0.05) is 12.1 Å². The summed E-state index contributed by atoms with van der Waals surface area (Å²) < 4.78 is 0. The van der Waals surface area contributed by atoms with Crippen molar-refractivity contribution in [3.63, 3.8) is 0 Å². The van der Waals surface area contributed by atoms with E-state index >= 15 is 0 Å². The highest BCUT2D eigenvalue weighted by molar-refractivity contribution is 5.26. The average Bonchev–Trinajstić information content (AvgIpc) is 2.30. The molecule has 1 atom stereocenters. The van der Waals surface area contributed by atoms with Crippen molar-refractivity contribution < 1.29 is 0 Å². The lowest BCUT2D eigenvalue weighted by atomic mass is 10.0. The second kappa shape index (κ2) is 5.06. The Balaban J connectivity index is 2.17. The number of rotatable bonds is 3. The molecule has 0 fully saturated rings. The Kier molecular flexibility index (Phi) is 3.49. The van der Waals surface area contributed by atoms with E-state index in [0.717, 1.165) is 29.1 Å². The van der Waals surface area contributed by atoms with Gasteiger partial charge in [0.15, 0.2) is 0 Å². The second-order valence-corrected chi connectivity index (χ2v) is 4.26. The minimum absolute atomic E-state index is 0.0435. The number of nitrogens with two attached hydrogens (primary N) is 1. The molecule has 2 aromatic heterocycles. The molecule has 0 spiro atoms. The van der Waals surface area contributed by atoms with Crippen LogP contribution in [0.3, 0.4) is 0 Å². The van der Waals surface area contributed by atoms with Crippen molar-refractivity contribution in [3.05, 3.63) is 59.2 Å². The molecule has 0 radical (unpaired) electrons. The van der Waals surface area contributed by atoms with Crippen LogP contribution in [-0.2, 0) is 6.42 Å². The SMILES string of the molecule is Cc1ccc(C(N)Cc2ccccn2)c(C)n1. The van der Waals surface area contributed by atoms with Crippen LogP contribution < -0.4 is 5.73 Å². The van der Waals surface area contributed by atoms with Gasteiger partial charge in [0.2, 0.25) is 0 Å². The first kappa shape index (κ1) is 11.7. The first-order valence-electron chi connectivity index (χ1n) is 5.76. The molecule has 0 saturated heterocycles. The highest BCUT2D eigenvalue weighted by atomic mass is 14.7. The predicted octanol–water partition coefficient (Wildman–Crippen LogP) is 2.34. The van der Waals surface area contributed by atoms with E-state index in [0.29, 0.717) is 0 Å². The zero-order chi connectivity index (χ0) is 12.3. The topological polar surface area (TPSA) is 51.8 Å². The van der Waals surface area contributed by atoms with Gasteiger partial charge in [0.25, 0.3) is 0 Å². The van der Waals surface area contributed by atoms with Crippen molar-refractivity contribution in [2.45, 2.75) is 26.3 Å². The van der Waals surface area contributed by atoms with E-state index in [-0.39, 0.29) is 6.04 Å². The van der Waals surface area contributed by atoms with Crippen molar-refractivity contribution in [1.29, 1.82) is 0 Å². The number of aryl methyl sites for hydroxylation is 2. The van der Waals surface area contributed by atoms with Crippen LogP contribution in [0, 0.1) is 13.8 Å². The number of aromatic nitrogens is 2. The van der Waals surface area contributed by atoms with Crippen molar-refractivity contribution >= 4 is 0 Å². The predicted molar refractivity (Wildman–Crippen MR) is 68.6 cm³/mol. The Morgan fingerprint density at radius 3 is 2.65 bits per heavy atom. The molecular formula is C14H17N3. The van der Waals surface area contributed by atoms with Crippen LogP contribution in [0.25, 0.3) is 0 Å². The van der Waals surface area contributed by atoms with Gasteiger partial charge >= 0.3 is 0 Å². The van der Waals surface area contributed by atoms with Crippen LogP contribution in [0.15, 0.2) is 36.5 Å². The molecule has 2 rings (SSSR count). The number of pyridine rings is 2. The molecule has 0 aliphatic heterocycles. The molecule has 0 amide bonds. The fourth-order valence-corrected chi connectivity index (χ4v) is 1.94. The lowest BCUT2D eigenvalue weighted by Gasteiger charge is -2.14. The molecule has 88 valence electrons. The van der Waals surface area contributed by atoms with E-state index in [1.165, 1.54) is 0 Å². The minimum Gasteiger partial charge on any atom is -0.324 e. The first-order chi connectivity index (χ1) is 8.16. The molecule has 0 saturated carbocycles. The van der Waals surface area contributed by atoms with Gasteiger partial charge in [-0.15, -0.1) is 0 Å². The fourth-order valence-electron chi connectivity index (χ4n) is 1.94. The molecule has 3 heteroatoms. The van der Waals surface area contributed by atoms with Crippen LogP contribution in [0.1, 0.15) is 28.7 Å². The normalized spacial score (nSPS) is 12.4. The summed E-state index contributed by atoms with van der Waals surface area (Å²) in [6.07, 6.45) is 2.54. The summed E-state index contributed by atoms with van der Waals surface area (Å²) in [6, 6.07) is 9.91. The van der Waals surface area contributed by atoms with Gasteiger partial charge < -0.3 is 5.73 Å². The summed E-state index contributed by atoms with van der Waals surface area (Å²) in [5, 5.41) is 0. The van der Waals surface area contributed by atoms with Crippen molar-refractivity contribution in [3.8, 4) is 0 Å². The molecule has 0 aromatic carbocycles. The third kappa shape index (κ3) is 2.88. The Morgan fingerprint density at radius 1 is 1.18 bits per heavy atom. The molecule has 0 bridgehead atoms. The van der Waals surface area contributed by atoms with Crippen molar-refractivity contribution in [2.75, 3.05) is 0 Å². The van der Waals surface area contributed by atoms with Gasteiger partial charge in [-0.3, -0.25) is 9.97 Å². The highest BCUT2D eigenvalue weighted by Gasteiger charge is 2.11. The third-order valence-corrected chi connectivity index (χ3v) is 2.82. The monoisotopic (exact) mass is 227 g/mol. The molecule has 2 N–H and O–H groups in total. The Morgan fingerprint density at radius 2 is 2.00 bits per heavy atom. The standard InChI is InChI=1S/C14H17N3/c1-10-6-7-13(11(2)17-10)14(15)9-12-5-3-4-8-16-12/h3-8,14H,9,15H2,1-2H3. The van der Waals surface area contributed by atoms with Gasteiger partial charge in [0.05, 0.1) is 0 Å². The van der Waals surface area contributed by atoms with E-state index in [1.54, 1.807) is 6.20 Å². The van der Waals surface area contributed by atoms with Crippen LogP contribution in [0.2, 0.25) is 0 Å². The number of hydrogen-bond donors (Lipinski definition) is 1. The molecule has 0 aliphatic rings. The van der Waals surface area contributed by atoms with Gasteiger partial charge in [-0.05, 0) is 37.6 Å². The average molecular weight is 227 g/mol. The molecule has 2 heterocycles. The summed E-state index contributed by atoms with van der Waals surface area (Å²) in [5.41, 5.74) is 10.3. The lowest BCUT2D eigenvalue weighted by molar-refractivity contribution is 0.695. The van der Waals surface area contributed by atoms with Gasteiger partial charge in [-0.2, -0.15) is 0 Å². The third-order valence-electron chi connectivity index (χ3n) is 2.82. The second-order valence-electron chi connectivity index (χ2n) is 4.26. The largest absolute Gasteiger partial charge is 0.324 e. The summed E-state index contributed by atoms with van der Waals surface area (Å²) in [4.78, 5) is 8.73. The van der Waals surface area contributed by atoms with Crippen LogP contribution in [0.4, 0.5) is 0 Å². The van der Waals surface area contributed by atoms with E-state index in [9.17, 15) is 0 Å². The molecule has 0 aliphatic carbocycles. The Bertz CT molecular complexity index is 494. The van der Waals surface area contributed by atoms with Gasteiger partial charge in [0.1, 0.15) is 0 Å². The first-order valence-corrected chi connectivity index (χ1v) is 5.76. The summed E-state index contributed by atoms with van der Waals surface area (Å²) in [7, 11) is 0. The van der Waals surface area contributed by atoms with E-state index in [2.05, 4.69) is 16.0 Å². The maximum atomic E-state index is 6.20.